The summed E-state index contributed by atoms with van der Waals surface area (Å²) in [5.74, 6) is -0.405. The van der Waals surface area contributed by atoms with Gasteiger partial charge in [-0.05, 0) is 51.1 Å². The summed E-state index contributed by atoms with van der Waals surface area (Å²) in [7, 11) is 0. The van der Waals surface area contributed by atoms with Gasteiger partial charge in [0.1, 0.15) is 4.83 Å². The Kier molecular flexibility index (Phi) is 8.62. The summed E-state index contributed by atoms with van der Waals surface area (Å²) in [5, 5.41) is 3.06. The molecule has 2 heterocycles. The first kappa shape index (κ1) is 23.6. The molecule has 2 N–H and O–H groups in total. The number of fused-ring (bicyclic) bond motifs is 1. The molecule has 0 unspecified atom stereocenters. The minimum Gasteiger partial charge on any atom is -0.369 e. The van der Waals surface area contributed by atoms with Crippen molar-refractivity contribution >= 4 is 44.9 Å². The first-order valence-electron chi connectivity index (χ1n) is 9.50. The molecule has 5 nitrogen and oxygen atoms in total. The monoisotopic (exact) mass is 441 g/mol. The van der Waals surface area contributed by atoms with E-state index in [9.17, 15) is 9.59 Å². The fourth-order valence-corrected chi connectivity index (χ4v) is 4.51. The van der Waals surface area contributed by atoms with Gasteiger partial charge >= 0.3 is 0 Å². The molecule has 0 aliphatic heterocycles. The van der Waals surface area contributed by atoms with Gasteiger partial charge in [0.05, 0.1) is 11.1 Å². The Hall–Kier alpha value is -2.64. The molecule has 0 saturated carbocycles. The second-order valence-electron chi connectivity index (χ2n) is 6.72. The zero-order valence-electron chi connectivity index (χ0n) is 17.8. The van der Waals surface area contributed by atoms with Gasteiger partial charge in [0.2, 0.25) is 5.91 Å². The second kappa shape index (κ2) is 10.9. The van der Waals surface area contributed by atoms with Crippen molar-refractivity contribution in [2.24, 2.45) is 5.73 Å². The van der Waals surface area contributed by atoms with Crippen molar-refractivity contribution < 1.29 is 4.79 Å². The smallest absolute Gasteiger partial charge is 0.267 e. The van der Waals surface area contributed by atoms with Crippen molar-refractivity contribution in [2.45, 2.75) is 39.3 Å². The first-order chi connectivity index (χ1) is 14.3. The van der Waals surface area contributed by atoms with Crippen molar-refractivity contribution in [3.05, 3.63) is 75.5 Å². The minimum absolute atomic E-state index is 0.0521. The Bertz CT molecular complexity index is 1130. The highest BCUT2D eigenvalue weighted by atomic mass is 32.2. The number of nitrogens with zero attached hydrogens (tertiary/aromatic N) is 2. The number of nitrogens with two attached hydrogens (primary N) is 1. The maximum absolute atomic E-state index is 13.5. The van der Waals surface area contributed by atoms with Gasteiger partial charge in [-0.2, -0.15) is 0 Å². The van der Waals surface area contributed by atoms with Gasteiger partial charge in [0.15, 0.2) is 5.16 Å². The molecule has 0 aliphatic rings. The van der Waals surface area contributed by atoms with E-state index in [4.69, 9.17) is 5.73 Å². The summed E-state index contributed by atoms with van der Waals surface area (Å²) < 4.78 is 1.55. The van der Waals surface area contributed by atoms with E-state index in [2.05, 4.69) is 37.6 Å². The lowest BCUT2D eigenvalue weighted by Gasteiger charge is -2.12. The number of amides is 1. The molecule has 0 saturated heterocycles. The zero-order chi connectivity index (χ0) is 22.3. The minimum atomic E-state index is -0.457. The molecule has 0 radical (unpaired) electrons. The summed E-state index contributed by atoms with van der Waals surface area (Å²) in [4.78, 5) is 30.1. The molecular formula is C23H27N3O2S2. The SMILES string of the molecule is C=C/C=C\C=C(/C)n1c(SCC(N)=O)nc2scc(C/C=C(C)\C(C)=C/C)c2c1=O. The van der Waals surface area contributed by atoms with E-state index >= 15 is 0 Å². The number of rotatable bonds is 9. The van der Waals surface area contributed by atoms with Crippen LogP contribution in [0, 0.1) is 0 Å². The lowest BCUT2D eigenvalue weighted by atomic mass is 10.1. The van der Waals surface area contributed by atoms with Crippen LogP contribution in [0.2, 0.25) is 0 Å². The summed E-state index contributed by atoms with van der Waals surface area (Å²) in [6.45, 7) is 11.6. The van der Waals surface area contributed by atoms with Gasteiger partial charge in [-0.25, -0.2) is 4.98 Å². The number of carbonyl (C=O) groups is 1. The van der Waals surface area contributed by atoms with Crippen LogP contribution in [0.15, 0.2) is 69.5 Å². The fraction of sp³-hybridized carbons (Fsp3) is 0.261. The number of primary amides is 1. The van der Waals surface area contributed by atoms with Crippen LogP contribution in [-0.2, 0) is 11.2 Å². The normalized spacial score (nSPS) is 13.4. The van der Waals surface area contributed by atoms with Gasteiger partial charge in [-0.1, -0.05) is 59.9 Å². The van der Waals surface area contributed by atoms with Crippen LogP contribution < -0.4 is 11.3 Å². The van der Waals surface area contributed by atoms with Crippen molar-refractivity contribution in [2.75, 3.05) is 5.75 Å². The van der Waals surface area contributed by atoms with Crippen molar-refractivity contribution in [3.63, 3.8) is 0 Å². The lowest BCUT2D eigenvalue weighted by Crippen LogP contribution is -2.23. The van der Waals surface area contributed by atoms with E-state index in [1.165, 1.54) is 34.2 Å². The Morgan fingerprint density at radius 1 is 1.30 bits per heavy atom. The molecule has 0 fully saturated rings. The maximum Gasteiger partial charge on any atom is 0.267 e. The number of allylic oxidation sites excluding steroid dienone is 9. The molecular weight excluding hydrogens is 414 g/mol. The van der Waals surface area contributed by atoms with Crippen LogP contribution >= 0.6 is 23.1 Å². The number of hydrogen-bond acceptors (Lipinski definition) is 5. The summed E-state index contributed by atoms with van der Waals surface area (Å²) in [5.41, 5.74) is 9.21. The third-order valence-electron chi connectivity index (χ3n) is 4.62. The van der Waals surface area contributed by atoms with E-state index in [1.54, 1.807) is 16.7 Å². The number of carbonyl (C=O) groups excluding carboxylic acids is 1. The summed E-state index contributed by atoms with van der Waals surface area (Å²) >= 11 is 2.61. The topological polar surface area (TPSA) is 78.0 Å². The largest absolute Gasteiger partial charge is 0.369 e. The Balaban J connectivity index is 2.63. The van der Waals surface area contributed by atoms with Crippen LogP contribution in [0.25, 0.3) is 15.9 Å². The molecule has 0 atom stereocenters. The number of aromatic nitrogens is 2. The zero-order valence-corrected chi connectivity index (χ0v) is 19.4. The number of thioether (sulfide) groups is 1. The first-order valence-corrected chi connectivity index (χ1v) is 11.4. The molecule has 0 aromatic carbocycles. The maximum atomic E-state index is 13.5. The average molecular weight is 442 g/mol. The second-order valence-corrected chi connectivity index (χ2v) is 8.52. The molecule has 1 amide bonds. The average Bonchev–Trinajstić information content (AvgIpc) is 3.13. The number of hydrogen-bond donors (Lipinski definition) is 1. The molecule has 30 heavy (non-hydrogen) atoms. The molecule has 0 bridgehead atoms. The Morgan fingerprint density at radius 3 is 2.67 bits per heavy atom. The van der Waals surface area contributed by atoms with Crippen LogP contribution in [0.1, 0.15) is 33.3 Å². The molecule has 2 aromatic heterocycles. The highest BCUT2D eigenvalue weighted by Crippen LogP contribution is 2.27. The molecule has 0 spiro atoms. The highest BCUT2D eigenvalue weighted by molar-refractivity contribution is 7.99. The van der Waals surface area contributed by atoms with Crippen LogP contribution in [0.3, 0.4) is 0 Å². The lowest BCUT2D eigenvalue weighted by molar-refractivity contribution is -0.115. The van der Waals surface area contributed by atoms with Gasteiger partial charge in [-0.15, -0.1) is 11.3 Å². The van der Waals surface area contributed by atoms with Crippen LogP contribution in [0.4, 0.5) is 0 Å². The molecule has 0 aliphatic carbocycles. The van der Waals surface area contributed by atoms with E-state index < -0.39 is 5.91 Å². The van der Waals surface area contributed by atoms with Crippen molar-refractivity contribution in [3.8, 4) is 0 Å². The van der Waals surface area contributed by atoms with Crippen LogP contribution in [0.5, 0.6) is 0 Å². The summed E-state index contributed by atoms with van der Waals surface area (Å²) in [6.07, 6.45) is 11.9. The van der Waals surface area contributed by atoms with Gasteiger partial charge in [-0.3, -0.25) is 14.2 Å². The van der Waals surface area contributed by atoms with Crippen molar-refractivity contribution in [1.29, 1.82) is 0 Å². The Morgan fingerprint density at radius 2 is 2.03 bits per heavy atom. The standard InChI is InChI=1S/C23H27N3O2S2/c1-6-8-9-10-17(5)26-22(28)20-18(12-11-16(4)15(3)7-2)13-29-21(20)25-23(26)30-14-19(24)27/h6-11,13H,1,12,14H2,2-5H3,(H2,24,27)/b9-8-,15-7-,16-11-,17-10+. The van der Waals surface area contributed by atoms with E-state index in [0.29, 0.717) is 27.5 Å². The molecule has 7 heteroatoms. The number of thiophene rings is 1. The summed E-state index contributed by atoms with van der Waals surface area (Å²) in [6, 6.07) is 0. The van der Waals surface area contributed by atoms with Crippen molar-refractivity contribution in [1.82, 2.24) is 9.55 Å². The molecule has 2 aromatic rings. The highest BCUT2D eigenvalue weighted by Gasteiger charge is 2.17. The third kappa shape index (κ3) is 5.70. The van der Waals surface area contributed by atoms with E-state index in [-0.39, 0.29) is 11.3 Å². The van der Waals surface area contributed by atoms with E-state index in [0.717, 1.165) is 5.56 Å². The van der Waals surface area contributed by atoms with Crippen LogP contribution in [-0.4, -0.2) is 21.2 Å². The predicted molar refractivity (Wildman–Crippen MR) is 130 cm³/mol. The van der Waals surface area contributed by atoms with E-state index in [1.807, 2.05) is 31.4 Å². The third-order valence-corrected chi connectivity index (χ3v) is 6.50. The Labute approximate surface area is 185 Å². The quantitative estimate of drug-likeness (QED) is 0.334. The van der Waals surface area contributed by atoms with Gasteiger partial charge in [0.25, 0.3) is 5.56 Å². The van der Waals surface area contributed by atoms with Gasteiger partial charge < -0.3 is 5.73 Å². The molecule has 2 rings (SSSR count). The van der Waals surface area contributed by atoms with Gasteiger partial charge in [0, 0.05) is 5.70 Å². The fourth-order valence-electron chi connectivity index (χ4n) is 2.72. The molecule has 158 valence electrons. The predicted octanol–water partition coefficient (Wildman–Crippen LogP) is 5.09.